The topological polar surface area (TPSA) is 74.5 Å². The Morgan fingerprint density at radius 1 is 1.23 bits per heavy atom. The summed E-state index contributed by atoms with van der Waals surface area (Å²) in [5.41, 5.74) is 2.12. The molecule has 1 N–H and O–H groups in total. The van der Waals surface area contributed by atoms with Crippen molar-refractivity contribution in [2.45, 2.75) is 12.8 Å². The molecule has 1 saturated heterocycles. The number of thioether (sulfide) groups is 1. The SMILES string of the molecule is CC(COc1ccc(C=C2SC(=NC#N)NC2=O)cc1)c1ccccc1. The first-order valence-electron chi connectivity index (χ1n) is 8.11. The molecule has 3 rings (SSSR count). The second kappa shape index (κ2) is 8.37. The number of amidine groups is 1. The highest BCUT2D eigenvalue weighted by molar-refractivity contribution is 8.18. The van der Waals surface area contributed by atoms with E-state index in [1.807, 2.05) is 42.5 Å². The molecule has 0 aliphatic carbocycles. The predicted molar refractivity (Wildman–Crippen MR) is 104 cm³/mol. The van der Waals surface area contributed by atoms with Crippen molar-refractivity contribution in [1.82, 2.24) is 5.32 Å². The van der Waals surface area contributed by atoms with Crippen molar-refractivity contribution in [2.24, 2.45) is 4.99 Å². The highest BCUT2D eigenvalue weighted by Gasteiger charge is 2.23. The molecule has 26 heavy (non-hydrogen) atoms. The second-order valence-electron chi connectivity index (χ2n) is 5.77. The Labute approximate surface area is 156 Å². The average Bonchev–Trinajstić information content (AvgIpc) is 3.01. The lowest BCUT2D eigenvalue weighted by Gasteiger charge is -2.13. The predicted octanol–water partition coefficient (Wildman–Crippen LogP) is 3.91. The molecule has 2 aromatic rings. The van der Waals surface area contributed by atoms with Crippen LogP contribution in [0.4, 0.5) is 0 Å². The van der Waals surface area contributed by atoms with Crippen molar-refractivity contribution in [2.75, 3.05) is 6.61 Å². The smallest absolute Gasteiger partial charge is 0.264 e. The quantitative estimate of drug-likeness (QED) is 0.646. The van der Waals surface area contributed by atoms with Crippen LogP contribution < -0.4 is 10.1 Å². The van der Waals surface area contributed by atoms with Crippen LogP contribution in [0.1, 0.15) is 24.0 Å². The van der Waals surface area contributed by atoms with E-state index in [1.54, 1.807) is 12.3 Å². The zero-order valence-corrected chi connectivity index (χ0v) is 15.0. The number of nitrogens with one attached hydrogen (secondary N) is 1. The standard InChI is InChI=1S/C20H17N3O2S/c1-14(16-5-3-2-4-6-16)12-25-17-9-7-15(8-10-17)11-18-19(24)23-20(26-18)22-13-21/h2-11,14H,12H2,1H3,(H,22,23,24). The Kier molecular flexibility index (Phi) is 5.72. The molecule has 1 atom stereocenters. The second-order valence-corrected chi connectivity index (χ2v) is 6.80. The minimum absolute atomic E-state index is 0.249. The van der Waals surface area contributed by atoms with Gasteiger partial charge in [-0.15, -0.1) is 4.99 Å². The summed E-state index contributed by atoms with van der Waals surface area (Å²) in [7, 11) is 0. The molecule has 1 fully saturated rings. The van der Waals surface area contributed by atoms with Gasteiger partial charge in [0.2, 0.25) is 6.19 Å². The number of ether oxygens (including phenoxy) is 1. The van der Waals surface area contributed by atoms with Crippen molar-refractivity contribution in [3.05, 3.63) is 70.6 Å². The van der Waals surface area contributed by atoms with Gasteiger partial charge >= 0.3 is 0 Å². The summed E-state index contributed by atoms with van der Waals surface area (Å²) in [6, 6.07) is 17.8. The molecule has 1 aliphatic rings. The zero-order chi connectivity index (χ0) is 18.4. The number of nitriles is 1. The number of hydrogen-bond donors (Lipinski definition) is 1. The molecule has 0 spiro atoms. The van der Waals surface area contributed by atoms with Crippen LogP contribution in [0, 0.1) is 11.5 Å². The van der Waals surface area contributed by atoms with Crippen LogP contribution in [-0.4, -0.2) is 17.7 Å². The number of aliphatic imine (C=N–C) groups is 1. The van der Waals surface area contributed by atoms with Crippen molar-refractivity contribution in [3.63, 3.8) is 0 Å². The molecule has 5 nitrogen and oxygen atoms in total. The molecule has 6 heteroatoms. The first-order valence-corrected chi connectivity index (χ1v) is 8.93. The fraction of sp³-hybridized carbons (Fsp3) is 0.150. The van der Waals surface area contributed by atoms with Gasteiger partial charge in [-0.3, -0.25) is 10.1 Å². The largest absolute Gasteiger partial charge is 0.493 e. The summed E-state index contributed by atoms with van der Waals surface area (Å²) in [5.74, 6) is 0.834. The maximum atomic E-state index is 11.8. The van der Waals surface area contributed by atoms with Gasteiger partial charge in [-0.25, -0.2) is 0 Å². The molecule has 0 radical (unpaired) electrons. The Morgan fingerprint density at radius 2 is 1.96 bits per heavy atom. The van der Waals surface area contributed by atoms with Crippen molar-refractivity contribution >= 4 is 28.9 Å². The van der Waals surface area contributed by atoms with Crippen molar-refractivity contribution in [1.29, 1.82) is 5.26 Å². The van der Waals surface area contributed by atoms with Gasteiger partial charge in [0.15, 0.2) is 5.17 Å². The minimum atomic E-state index is -0.249. The van der Waals surface area contributed by atoms with E-state index in [4.69, 9.17) is 10.00 Å². The van der Waals surface area contributed by atoms with Crippen molar-refractivity contribution < 1.29 is 9.53 Å². The number of carbonyl (C=O) groups is 1. The zero-order valence-electron chi connectivity index (χ0n) is 14.2. The maximum absolute atomic E-state index is 11.8. The maximum Gasteiger partial charge on any atom is 0.264 e. The van der Waals surface area contributed by atoms with Gasteiger partial charge in [0.05, 0.1) is 11.5 Å². The van der Waals surface area contributed by atoms with Crippen LogP contribution >= 0.6 is 11.8 Å². The van der Waals surface area contributed by atoms with Crippen LogP contribution in [0.5, 0.6) is 5.75 Å². The number of carbonyl (C=O) groups excluding carboxylic acids is 1. The van der Waals surface area contributed by atoms with Crippen LogP contribution in [-0.2, 0) is 4.79 Å². The lowest BCUT2D eigenvalue weighted by atomic mass is 10.0. The first-order chi connectivity index (χ1) is 12.7. The molecule has 130 valence electrons. The van der Waals surface area contributed by atoms with Crippen LogP contribution in [0.15, 0.2) is 64.5 Å². The highest BCUT2D eigenvalue weighted by Crippen LogP contribution is 2.26. The van der Waals surface area contributed by atoms with E-state index in [2.05, 4.69) is 29.4 Å². The highest BCUT2D eigenvalue weighted by atomic mass is 32.2. The van der Waals surface area contributed by atoms with E-state index >= 15 is 0 Å². The summed E-state index contributed by atoms with van der Waals surface area (Å²) in [5, 5.41) is 11.4. The number of benzene rings is 2. The summed E-state index contributed by atoms with van der Waals surface area (Å²) in [4.78, 5) is 15.9. The lowest BCUT2D eigenvalue weighted by molar-refractivity contribution is -0.115. The third-order valence-corrected chi connectivity index (χ3v) is 4.76. The van der Waals surface area contributed by atoms with E-state index < -0.39 is 0 Å². The monoisotopic (exact) mass is 363 g/mol. The van der Waals surface area contributed by atoms with Gasteiger partial charge in [0.25, 0.3) is 5.91 Å². The van der Waals surface area contributed by atoms with Gasteiger partial charge in [0.1, 0.15) is 5.75 Å². The summed E-state index contributed by atoms with van der Waals surface area (Å²) in [6.45, 7) is 2.72. The fourth-order valence-corrected chi connectivity index (χ4v) is 3.21. The minimum Gasteiger partial charge on any atom is -0.493 e. The molecule has 1 aliphatic heterocycles. The van der Waals surface area contributed by atoms with Crippen LogP contribution in [0.3, 0.4) is 0 Å². The van der Waals surface area contributed by atoms with Gasteiger partial charge in [-0.1, -0.05) is 49.4 Å². The third kappa shape index (κ3) is 4.52. The van der Waals surface area contributed by atoms with Crippen LogP contribution in [0.2, 0.25) is 0 Å². The molecule has 0 saturated carbocycles. The average molecular weight is 363 g/mol. The molecule has 1 heterocycles. The van der Waals surface area contributed by atoms with Gasteiger partial charge in [-0.05, 0) is 41.1 Å². The third-order valence-electron chi connectivity index (χ3n) is 3.85. The molecular formula is C20H17N3O2S. The van der Waals surface area contributed by atoms with Gasteiger partial charge < -0.3 is 4.74 Å². The van der Waals surface area contributed by atoms with Gasteiger partial charge in [0, 0.05) is 5.92 Å². The van der Waals surface area contributed by atoms with E-state index in [9.17, 15) is 4.79 Å². The molecule has 1 unspecified atom stereocenters. The summed E-state index contributed by atoms with van der Waals surface area (Å²) in [6.07, 6.45) is 3.43. The lowest BCUT2D eigenvalue weighted by Crippen LogP contribution is -2.19. The first kappa shape index (κ1) is 17.8. The van der Waals surface area contributed by atoms with E-state index in [0.29, 0.717) is 22.6 Å². The normalized spacial score (nSPS) is 17.8. The number of nitrogens with zero attached hydrogens (tertiary/aromatic N) is 2. The Morgan fingerprint density at radius 3 is 2.65 bits per heavy atom. The van der Waals surface area contributed by atoms with Crippen LogP contribution in [0.25, 0.3) is 6.08 Å². The van der Waals surface area contributed by atoms with E-state index in [-0.39, 0.29) is 5.91 Å². The Hall–Kier alpha value is -3.04. The van der Waals surface area contributed by atoms with E-state index in [0.717, 1.165) is 23.1 Å². The Balaban J connectivity index is 1.61. The fourth-order valence-electron chi connectivity index (χ4n) is 2.44. The molecule has 1 amide bonds. The molecule has 2 aromatic carbocycles. The number of rotatable bonds is 5. The summed E-state index contributed by atoms with van der Waals surface area (Å²) >= 11 is 1.15. The van der Waals surface area contributed by atoms with E-state index in [1.165, 1.54) is 5.56 Å². The molecule has 0 bridgehead atoms. The summed E-state index contributed by atoms with van der Waals surface area (Å²) < 4.78 is 5.86. The molecular weight excluding hydrogens is 346 g/mol. The molecule has 0 aromatic heterocycles. The number of amides is 1. The van der Waals surface area contributed by atoms with Gasteiger partial charge in [-0.2, -0.15) is 5.26 Å². The Bertz CT molecular complexity index is 884. The van der Waals surface area contributed by atoms with Crippen molar-refractivity contribution in [3.8, 4) is 11.9 Å². The number of hydrogen-bond acceptors (Lipinski definition) is 5.